The van der Waals surface area contributed by atoms with E-state index >= 15 is 0 Å². The number of hydrogen-bond donors (Lipinski definition) is 2. The van der Waals surface area contributed by atoms with E-state index in [4.69, 9.17) is 4.74 Å². The predicted octanol–water partition coefficient (Wildman–Crippen LogP) is 0.281. The van der Waals surface area contributed by atoms with Gasteiger partial charge in [0.25, 0.3) is 0 Å². The molecule has 0 bridgehead atoms. The van der Waals surface area contributed by atoms with Crippen LogP contribution in [-0.2, 0) is 9.53 Å². The van der Waals surface area contributed by atoms with Gasteiger partial charge in [0.05, 0.1) is 12.7 Å². The first-order valence-corrected chi connectivity index (χ1v) is 5.77. The van der Waals surface area contributed by atoms with Crippen LogP contribution in [-0.4, -0.2) is 38.3 Å². The van der Waals surface area contributed by atoms with Gasteiger partial charge in [-0.3, -0.25) is 4.79 Å². The summed E-state index contributed by atoms with van der Waals surface area (Å²) < 4.78 is 5.47. The highest BCUT2D eigenvalue weighted by Crippen LogP contribution is 2.43. The Morgan fingerprint density at radius 3 is 2.80 bits per heavy atom. The molecule has 0 aromatic rings. The van der Waals surface area contributed by atoms with E-state index < -0.39 is 0 Å². The molecule has 0 aromatic carbocycles. The molecule has 15 heavy (non-hydrogen) atoms. The van der Waals surface area contributed by atoms with Gasteiger partial charge in [-0.1, -0.05) is 6.92 Å². The highest BCUT2D eigenvalue weighted by atomic mass is 16.5. The Morgan fingerprint density at radius 1 is 1.53 bits per heavy atom. The van der Waals surface area contributed by atoms with Crippen LogP contribution >= 0.6 is 0 Å². The van der Waals surface area contributed by atoms with E-state index in [1.165, 1.54) is 12.8 Å². The Bertz CT molecular complexity index is 235. The fourth-order valence-electron chi connectivity index (χ4n) is 1.49. The third-order valence-electron chi connectivity index (χ3n) is 3.24. The Hall–Kier alpha value is -0.610. The fraction of sp³-hybridized carbons (Fsp3) is 0.909. The van der Waals surface area contributed by atoms with Crippen molar-refractivity contribution >= 4 is 5.91 Å². The van der Waals surface area contributed by atoms with Gasteiger partial charge < -0.3 is 15.4 Å². The van der Waals surface area contributed by atoms with Crippen molar-refractivity contribution in [1.82, 2.24) is 10.6 Å². The fourth-order valence-corrected chi connectivity index (χ4v) is 1.49. The molecule has 86 valence electrons. The van der Waals surface area contributed by atoms with Crippen LogP contribution < -0.4 is 10.6 Å². The van der Waals surface area contributed by atoms with Crippen LogP contribution in [0.2, 0.25) is 0 Å². The molecular formula is C11H20N2O2. The third kappa shape index (κ3) is 3.47. The number of rotatable bonds is 6. The molecule has 0 aromatic heterocycles. The molecule has 1 aliphatic heterocycles. The topological polar surface area (TPSA) is 50.4 Å². The number of nitrogens with one attached hydrogen (secondary N) is 2. The molecule has 0 unspecified atom stereocenters. The van der Waals surface area contributed by atoms with Crippen molar-refractivity contribution in [2.75, 3.05) is 26.2 Å². The zero-order valence-electron chi connectivity index (χ0n) is 9.34. The Morgan fingerprint density at radius 2 is 2.27 bits per heavy atom. The van der Waals surface area contributed by atoms with E-state index in [1.54, 1.807) is 0 Å². The summed E-state index contributed by atoms with van der Waals surface area (Å²) in [7, 11) is 0. The molecule has 0 spiro atoms. The monoisotopic (exact) mass is 212 g/mol. The highest BCUT2D eigenvalue weighted by molar-refractivity contribution is 5.76. The molecule has 2 N–H and O–H groups in total. The quantitative estimate of drug-likeness (QED) is 0.665. The smallest absolute Gasteiger partial charge is 0.222 e. The molecule has 0 radical (unpaired) electrons. The first-order chi connectivity index (χ1) is 7.18. The van der Waals surface area contributed by atoms with Gasteiger partial charge in [-0.2, -0.15) is 0 Å². The maximum absolute atomic E-state index is 11.4. The van der Waals surface area contributed by atoms with Crippen molar-refractivity contribution in [3.05, 3.63) is 0 Å². The summed E-state index contributed by atoms with van der Waals surface area (Å²) in [6, 6.07) is 0. The van der Waals surface area contributed by atoms with Crippen molar-refractivity contribution in [3.8, 4) is 0 Å². The second-order valence-corrected chi connectivity index (χ2v) is 4.99. The first-order valence-electron chi connectivity index (χ1n) is 5.77. The van der Waals surface area contributed by atoms with E-state index in [1.807, 2.05) is 0 Å². The lowest BCUT2D eigenvalue weighted by atomic mass is 10.1. The Balaban J connectivity index is 1.48. The van der Waals surface area contributed by atoms with E-state index in [0.717, 1.165) is 19.6 Å². The summed E-state index contributed by atoms with van der Waals surface area (Å²) in [4.78, 5) is 11.4. The van der Waals surface area contributed by atoms with Gasteiger partial charge in [-0.15, -0.1) is 0 Å². The molecule has 0 atom stereocenters. The minimum Gasteiger partial charge on any atom is -0.375 e. The second kappa shape index (κ2) is 4.49. The Labute approximate surface area is 90.8 Å². The maximum Gasteiger partial charge on any atom is 0.222 e. The van der Waals surface area contributed by atoms with E-state index in [-0.39, 0.29) is 5.91 Å². The molecule has 4 heteroatoms. The minimum absolute atomic E-state index is 0.121. The number of ether oxygens (including phenoxy) is 1. The van der Waals surface area contributed by atoms with Crippen molar-refractivity contribution in [2.45, 2.75) is 32.3 Å². The summed E-state index contributed by atoms with van der Waals surface area (Å²) in [5.41, 5.74) is 0.397. The molecule has 1 heterocycles. The summed E-state index contributed by atoms with van der Waals surface area (Å²) in [6.45, 7) is 5.45. The summed E-state index contributed by atoms with van der Waals surface area (Å²) in [5, 5.41) is 6.09. The zero-order chi connectivity index (χ0) is 10.7. The SMILES string of the molecule is CC1(CNC(=O)CCOC2CNC2)CC1. The predicted molar refractivity (Wildman–Crippen MR) is 57.6 cm³/mol. The number of carbonyl (C=O) groups is 1. The van der Waals surface area contributed by atoms with E-state index in [9.17, 15) is 4.79 Å². The Kier molecular flexibility index (Phi) is 3.26. The first kappa shape index (κ1) is 10.9. The van der Waals surface area contributed by atoms with Crippen LogP contribution in [0.5, 0.6) is 0 Å². The number of amides is 1. The molecular weight excluding hydrogens is 192 g/mol. The molecule has 1 aliphatic carbocycles. The van der Waals surface area contributed by atoms with Crippen LogP contribution in [0.25, 0.3) is 0 Å². The van der Waals surface area contributed by atoms with Gasteiger partial charge in [0.15, 0.2) is 0 Å². The van der Waals surface area contributed by atoms with E-state index in [2.05, 4.69) is 17.6 Å². The largest absolute Gasteiger partial charge is 0.375 e. The standard InChI is InChI=1S/C11H20N2O2/c1-11(3-4-11)8-13-10(14)2-5-15-9-6-12-7-9/h9,12H,2-8H2,1H3,(H,13,14). The third-order valence-corrected chi connectivity index (χ3v) is 3.24. The normalized spacial score (nSPS) is 23.3. The molecule has 1 saturated carbocycles. The zero-order valence-corrected chi connectivity index (χ0v) is 9.34. The van der Waals surface area contributed by atoms with Crippen LogP contribution in [0.3, 0.4) is 0 Å². The average Bonchev–Trinajstić information content (AvgIpc) is 2.86. The van der Waals surface area contributed by atoms with Crippen LogP contribution in [0.1, 0.15) is 26.2 Å². The molecule has 2 aliphatic rings. The van der Waals surface area contributed by atoms with Gasteiger partial charge in [0, 0.05) is 26.1 Å². The minimum atomic E-state index is 0.121. The van der Waals surface area contributed by atoms with Gasteiger partial charge >= 0.3 is 0 Å². The summed E-state index contributed by atoms with van der Waals surface area (Å²) in [5.74, 6) is 0.121. The number of carbonyl (C=O) groups excluding carboxylic acids is 1. The van der Waals surface area contributed by atoms with Crippen LogP contribution in [0, 0.1) is 5.41 Å². The van der Waals surface area contributed by atoms with E-state index in [0.29, 0.717) is 24.5 Å². The molecule has 1 saturated heterocycles. The van der Waals surface area contributed by atoms with Crippen molar-refractivity contribution in [1.29, 1.82) is 0 Å². The van der Waals surface area contributed by atoms with Gasteiger partial charge in [-0.25, -0.2) is 0 Å². The summed E-state index contributed by atoms with van der Waals surface area (Å²) in [6.07, 6.45) is 3.32. The molecule has 4 nitrogen and oxygen atoms in total. The second-order valence-electron chi connectivity index (χ2n) is 4.99. The highest BCUT2D eigenvalue weighted by Gasteiger charge is 2.37. The molecule has 2 fully saturated rings. The van der Waals surface area contributed by atoms with Gasteiger partial charge in [0.2, 0.25) is 5.91 Å². The maximum atomic E-state index is 11.4. The van der Waals surface area contributed by atoms with Gasteiger partial charge in [0.1, 0.15) is 0 Å². The lowest BCUT2D eigenvalue weighted by Gasteiger charge is -2.26. The molecule has 2 rings (SSSR count). The van der Waals surface area contributed by atoms with Crippen molar-refractivity contribution in [2.24, 2.45) is 5.41 Å². The van der Waals surface area contributed by atoms with Crippen molar-refractivity contribution in [3.63, 3.8) is 0 Å². The van der Waals surface area contributed by atoms with Crippen molar-refractivity contribution < 1.29 is 9.53 Å². The van der Waals surface area contributed by atoms with Crippen LogP contribution in [0.15, 0.2) is 0 Å². The average molecular weight is 212 g/mol. The summed E-state index contributed by atoms with van der Waals surface area (Å²) >= 11 is 0. The number of hydrogen-bond acceptors (Lipinski definition) is 3. The molecule has 1 amide bonds. The van der Waals surface area contributed by atoms with Gasteiger partial charge in [-0.05, 0) is 18.3 Å². The lowest BCUT2D eigenvalue weighted by Crippen LogP contribution is -2.48. The lowest BCUT2D eigenvalue weighted by molar-refractivity contribution is -0.123. The van der Waals surface area contributed by atoms with Crippen LogP contribution in [0.4, 0.5) is 0 Å².